The van der Waals surface area contributed by atoms with E-state index in [1.807, 2.05) is 12.1 Å². The third-order valence-electron chi connectivity index (χ3n) is 3.87. The minimum atomic E-state index is -0.634. The molecule has 0 spiro atoms. The van der Waals surface area contributed by atoms with Crippen LogP contribution in [0.15, 0.2) is 60.8 Å². The second-order valence-corrected chi connectivity index (χ2v) is 5.72. The molecule has 0 saturated heterocycles. The van der Waals surface area contributed by atoms with E-state index < -0.39 is 17.7 Å². The number of nitrogens with zero attached hydrogens (tertiary/aromatic N) is 2. The van der Waals surface area contributed by atoms with Crippen LogP contribution in [0.1, 0.15) is 22.9 Å². The Morgan fingerprint density at radius 2 is 1.80 bits per heavy atom. The number of nitrogens with two attached hydrogens (primary N) is 1. The van der Waals surface area contributed by atoms with Crippen LogP contribution >= 0.6 is 0 Å². The van der Waals surface area contributed by atoms with E-state index in [1.165, 1.54) is 12.1 Å². The van der Waals surface area contributed by atoms with E-state index in [9.17, 15) is 8.78 Å². The molecule has 0 aliphatic carbocycles. The fourth-order valence-electron chi connectivity index (χ4n) is 2.79. The third kappa shape index (κ3) is 3.87. The van der Waals surface area contributed by atoms with Crippen LogP contribution in [-0.4, -0.2) is 4.98 Å². The van der Waals surface area contributed by atoms with Crippen molar-refractivity contribution in [2.45, 2.75) is 12.5 Å². The predicted molar refractivity (Wildman–Crippen MR) is 91.4 cm³/mol. The van der Waals surface area contributed by atoms with E-state index in [-0.39, 0.29) is 6.42 Å². The molecule has 0 amide bonds. The minimum Gasteiger partial charge on any atom is -0.322 e. The molecule has 1 aromatic heterocycles. The Morgan fingerprint density at radius 1 is 1.04 bits per heavy atom. The molecule has 0 fully saturated rings. The number of nitriles is 1. The largest absolute Gasteiger partial charge is 0.322 e. The van der Waals surface area contributed by atoms with Crippen LogP contribution in [0.25, 0.3) is 11.1 Å². The molecule has 1 atom stereocenters. The second-order valence-electron chi connectivity index (χ2n) is 5.72. The fourth-order valence-corrected chi connectivity index (χ4v) is 2.79. The molecular formula is C20H15F2N3. The lowest BCUT2D eigenvalue weighted by Gasteiger charge is -2.16. The van der Waals surface area contributed by atoms with Crippen LogP contribution in [0, 0.1) is 23.0 Å². The molecule has 2 aromatic carbocycles. The summed E-state index contributed by atoms with van der Waals surface area (Å²) in [6.45, 7) is 0. The van der Waals surface area contributed by atoms with Crippen LogP contribution in [-0.2, 0) is 6.42 Å². The second kappa shape index (κ2) is 7.20. The van der Waals surface area contributed by atoms with Gasteiger partial charge in [-0.25, -0.2) is 8.78 Å². The van der Waals surface area contributed by atoms with Gasteiger partial charge in [-0.15, -0.1) is 0 Å². The van der Waals surface area contributed by atoms with Gasteiger partial charge >= 0.3 is 0 Å². The first-order chi connectivity index (χ1) is 12.1. The van der Waals surface area contributed by atoms with Gasteiger partial charge in [0.1, 0.15) is 11.6 Å². The summed E-state index contributed by atoms with van der Waals surface area (Å²) in [4.78, 5) is 4.36. The van der Waals surface area contributed by atoms with Crippen LogP contribution in [0.3, 0.4) is 0 Å². The molecule has 2 N–H and O–H groups in total. The van der Waals surface area contributed by atoms with Crippen molar-refractivity contribution in [2.75, 3.05) is 0 Å². The predicted octanol–water partition coefficient (Wildman–Crippen LogP) is 4.14. The van der Waals surface area contributed by atoms with E-state index in [0.717, 1.165) is 17.2 Å². The van der Waals surface area contributed by atoms with E-state index in [1.54, 1.807) is 30.5 Å². The fraction of sp³-hybridized carbons (Fsp3) is 0.100. The molecule has 1 heterocycles. The Hall–Kier alpha value is -3.10. The molecule has 124 valence electrons. The minimum absolute atomic E-state index is 0.247. The Kier molecular flexibility index (Phi) is 4.82. The van der Waals surface area contributed by atoms with Gasteiger partial charge in [-0.05, 0) is 47.9 Å². The maximum absolute atomic E-state index is 13.4. The summed E-state index contributed by atoms with van der Waals surface area (Å²) in [6.07, 6.45) is 1.87. The molecule has 0 aliphatic heterocycles. The summed E-state index contributed by atoms with van der Waals surface area (Å²) >= 11 is 0. The summed E-state index contributed by atoms with van der Waals surface area (Å²) in [5.41, 5.74) is 9.49. The van der Waals surface area contributed by atoms with Gasteiger partial charge in [0.25, 0.3) is 0 Å². The summed E-state index contributed by atoms with van der Waals surface area (Å²) in [5.74, 6) is -1.27. The van der Waals surface area contributed by atoms with Crippen molar-refractivity contribution in [3.8, 4) is 17.2 Å². The lowest BCUT2D eigenvalue weighted by atomic mass is 9.95. The number of pyridine rings is 1. The highest BCUT2D eigenvalue weighted by Gasteiger charge is 2.15. The molecule has 0 aliphatic rings. The number of hydrogen-bond donors (Lipinski definition) is 1. The molecular weight excluding hydrogens is 320 g/mol. The summed E-state index contributed by atoms with van der Waals surface area (Å²) in [7, 11) is 0. The molecule has 0 radical (unpaired) electrons. The summed E-state index contributed by atoms with van der Waals surface area (Å²) in [5, 5.41) is 9.07. The Labute approximate surface area is 144 Å². The number of aromatic nitrogens is 1. The molecule has 3 nitrogen and oxygen atoms in total. The van der Waals surface area contributed by atoms with Crippen LogP contribution in [0.4, 0.5) is 8.78 Å². The zero-order valence-electron chi connectivity index (χ0n) is 13.3. The van der Waals surface area contributed by atoms with Gasteiger partial charge < -0.3 is 5.73 Å². The zero-order chi connectivity index (χ0) is 17.8. The van der Waals surface area contributed by atoms with Crippen molar-refractivity contribution < 1.29 is 8.78 Å². The highest BCUT2D eigenvalue weighted by atomic mass is 19.1. The van der Waals surface area contributed by atoms with Crippen molar-refractivity contribution >= 4 is 0 Å². The maximum Gasteiger partial charge on any atom is 0.126 e. The van der Waals surface area contributed by atoms with E-state index >= 15 is 0 Å². The van der Waals surface area contributed by atoms with Crippen molar-refractivity contribution in [3.05, 3.63) is 89.2 Å². The smallest absolute Gasteiger partial charge is 0.126 e. The molecule has 25 heavy (non-hydrogen) atoms. The summed E-state index contributed by atoms with van der Waals surface area (Å²) < 4.78 is 26.8. The first kappa shape index (κ1) is 16.7. The third-order valence-corrected chi connectivity index (χ3v) is 3.87. The normalized spacial score (nSPS) is 11.8. The monoisotopic (exact) mass is 335 g/mol. The highest BCUT2D eigenvalue weighted by Crippen LogP contribution is 2.28. The quantitative estimate of drug-likeness (QED) is 0.779. The van der Waals surface area contributed by atoms with Gasteiger partial charge in [-0.3, -0.25) is 4.98 Å². The SMILES string of the molecule is N#Cc1cccc(-c2cccnc2[C@@H](N)Cc2cc(F)cc(F)c2)c1. The number of benzene rings is 2. The molecule has 3 aromatic rings. The molecule has 3 rings (SSSR count). The van der Waals surface area contributed by atoms with E-state index in [2.05, 4.69) is 11.1 Å². The number of hydrogen-bond acceptors (Lipinski definition) is 3. The van der Waals surface area contributed by atoms with Crippen molar-refractivity contribution in [1.82, 2.24) is 4.98 Å². The number of halogens is 2. The Balaban J connectivity index is 1.96. The van der Waals surface area contributed by atoms with Gasteiger partial charge in [-0.1, -0.05) is 18.2 Å². The number of rotatable bonds is 4. The molecule has 0 saturated carbocycles. The van der Waals surface area contributed by atoms with Gasteiger partial charge in [0, 0.05) is 17.8 Å². The van der Waals surface area contributed by atoms with Crippen molar-refractivity contribution in [2.24, 2.45) is 5.73 Å². The van der Waals surface area contributed by atoms with Crippen LogP contribution < -0.4 is 5.73 Å². The highest BCUT2D eigenvalue weighted by molar-refractivity contribution is 5.68. The summed E-state index contributed by atoms with van der Waals surface area (Å²) in [6, 6.07) is 15.7. The molecule has 5 heteroatoms. The van der Waals surface area contributed by atoms with Gasteiger partial charge in [0.05, 0.1) is 23.4 Å². The van der Waals surface area contributed by atoms with Gasteiger partial charge in [-0.2, -0.15) is 5.26 Å². The lowest BCUT2D eigenvalue weighted by Crippen LogP contribution is -2.16. The van der Waals surface area contributed by atoms with Crippen LogP contribution in [0.5, 0.6) is 0 Å². The van der Waals surface area contributed by atoms with Gasteiger partial charge in [0.15, 0.2) is 0 Å². The average Bonchev–Trinajstić information content (AvgIpc) is 2.61. The van der Waals surface area contributed by atoms with Gasteiger partial charge in [0.2, 0.25) is 0 Å². The maximum atomic E-state index is 13.4. The molecule has 0 unspecified atom stereocenters. The zero-order valence-corrected chi connectivity index (χ0v) is 13.3. The average molecular weight is 335 g/mol. The first-order valence-electron chi connectivity index (χ1n) is 7.73. The first-order valence-corrected chi connectivity index (χ1v) is 7.73. The van der Waals surface area contributed by atoms with Crippen molar-refractivity contribution in [1.29, 1.82) is 5.26 Å². The standard InChI is InChI=1S/C20H15F2N3/c21-16-8-14(9-17(22)11-16)10-19(24)20-18(5-2-6-25-20)15-4-1-3-13(7-15)12-23/h1-9,11,19H,10,24H2/t19-/m0/s1. The Bertz CT molecular complexity index is 927. The Morgan fingerprint density at radius 3 is 2.52 bits per heavy atom. The topological polar surface area (TPSA) is 62.7 Å². The van der Waals surface area contributed by atoms with E-state index in [0.29, 0.717) is 16.8 Å². The lowest BCUT2D eigenvalue weighted by molar-refractivity contribution is 0.576. The van der Waals surface area contributed by atoms with E-state index in [4.69, 9.17) is 11.0 Å². The molecule has 0 bridgehead atoms. The van der Waals surface area contributed by atoms with Crippen molar-refractivity contribution in [3.63, 3.8) is 0 Å². The van der Waals surface area contributed by atoms with Crippen LogP contribution in [0.2, 0.25) is 0 Å².